The van der Waals surface area contributed by atoms with Crippen molar-refractivity contribution in [3.05, 3.63) is 17.3 Å². The highest BCUT2D eigenvalue weighted by atomic mass is 32.2. The molecule has 0 radical (unpaired) electrons. The van der Waals surface area contributed by atoms with Crippen LogP contribution in [0.2, 0.25) is 18.1 Å². The number of nitrogens with zero attached hydrogens (tertiary/aromatic N) is 1. The van der Waals surface area contributed by atoms with Crippen LogP contribution in [0.25, 0.3) is 0 Å². The first kappa shape index (κ1) is 18.3. The Kier molecular flexibility index (Phi) is 5.41. The Morgan fingerprint density at radius 3 is 2.29 bits per heavy atom. The summed E-state index contributed by atoms with van der Waals surface area (Å²) < 4.78 is 38.2. The van der Waals surface area contributed by atoms with Crippen molar-refractivity contribution in [2.24, 2.45) is 0 Å². The van der Waals surface area contributed by atoms with E-state index in [-0.39, 0.29) is 17.5 Å². The summed E-state index contributed by atoms with van der Waals surface area (Å²) in [5.74, 6) is 0.860. The molecule has 122 valence electrons. The molecule has 0 saturated heterocycles. The average molecular weight is 335 g/mol. The number of rotatable bonds is 6. The second-order valence-electron chi connectivity index (χ2n) is 6.63. The van der Waals surface area contributed by atoms with Gasteiger partial charge in [-0.2, -0.15) is 8.42 Å². The maximum Gasteiger partial charge on any atom is 0.264 e. The maximum atomic E-state index is 11.0. The van der Waals surface area contributed by atoms with Crippen LogP contribution >= 0.6 is 0 Å². The number of aryl methyl sites for hydroxylation is 1. The molecule has 0 aliphatic heterocycles. The highest BCUT2D eigenvalue weighted by Gasteiger charge is 2.37. The SMILES string of the molecule is Cc1nc(COS(C)(=O)=O)oc1CO[Si](C)(C)C(C)(C)C. The minimum absolute atomic E-state index is 0.114. The van der Waals surface area contributed by atoms with Gasteiger partial charge in [-0.1, -0.05) is 20.8 Å². The molecule has 0 aromatic carbocycles. The van der Waals surface area contributed by atoms with E-state index in [0.717, 1.165) is 6.26 Å². The van der Waals surface area contributed by atoms with Crippen molar-refractivity contribution >= 4 is 18.4 Å². The lowest BCUT2D eigenvalue weighted by molar-refractivity contribution is 0.225. The van der Waals surface area contributed by atoms with E-state index >= 15 is 0 Å². The second-order valence-corrected chi connectivity index (χ2v) is 13.1. The van der Waals surface area contributed by atoms with Crippen LogP contribution in [-0.4, -0.2) is 28.0 Å². The normalized spacial score (nSPS) is 13.7. The molecule has 0 fully saturated rings. The summed E-state index contributed by atoms with van der Waals surface area (Å²) in [4.78, 5) is 4.16. The lowest BCUT2D eigenvalue weighted by Gasteiger charge is -2.35. The third-order valence-electron chi connectivity index (χ3n) is 3.70. The van der Waals surface area contributed by atoms with Crippen LogP contribution in [-0.2, 0) is 31.9 Å². The van der Waals surface area contributed by atoms with Gasteiger partial charge >= 0.3 is 0 Å². The topological polar surface area (TPSA) is 78.6 Å². The zero-order valence-corrected chi connectivity index (χ0v) is 15.6. The predicted molar refractivity (Wildman–Crippen MR) is 82.9 cm³/mol. The van der Waals surface area contributed by atoms with Gasteiger partial charge < -0.3 is 8.84 Å². The van der Waals surface area contributed by atoms with E-state index in [4.69, 9.17) is 8.84 Å². The Morgan fingerprint density at radius 1 is 1.24 bits per heavy atom. The molecule has 0 aliphatic carbocycles. The molecule has 0 N–H and O–H groups in total. The number of hydrogen-bond acceptors (Lipinski definition) is 6. The first-order chi connectivity index (χ1) is 9.32. The molecule has 0 atom stereocenters. The van der Waals surface area contributed by atoms with Crippen LogP contribution in [0.15, 0.2) is 4.42 Å². The van der Waals surface area contributed by atoms with Gasteiger partial charge in [0.2, 0.25) is 5.89 Å². The summed E-state index contributed by atoms with van der Waals surface area (Å²) in [5.41, 5.74) is 0.695. The number of oxazole rings is 1. The van der Waals surface area contributed by atoms with Crippen molar-refractivity contribution in [3.63, 3.8) is 0 Å². The molecule has 1 aromatic rings. The summed E-state index contributed by atoms with van der Waals surface area (Å²) >= 11 is 0. The summed E-state index contributed by atoms with van der Waals surface area (Å²) in [6.45, 7) is 12.8. The average Bonchev–Trinajstić information content (AvgIpc) is 2.62. The Hall–Kier alpha value is -0.703. The van der Waals surface area contributed by atoms with E-state index < -0.39 is 18.4 Å². The quantitative estimate of drug-likeness (QED) is 0.587. The van der Waals surface area contributed by atoms with Crippen LogP contribution in [0.1, 0.15) is 38.1 Å². The molecule has 0 aliphatic rings. The highest BCUT2D eigenvalue weighted by molar-refractivity contribution is 7.85. The largest absolute Gasteiger partial charge is 0.440 e. The third-order valence-corrected chi connectivity index (χ3v) is 8.73. The number of aromatic nitrogens is 1. The van der Waals surface area contributed by atoms with E-state index in [2.05, 4.69) is 43.0 Å². The van der Waals surface area contributed by atoms with E-state index in [1.165, 1.54) is 0 Å². The van der Waals surface area contributed by atoms with E-state index in [9.17, 15) is 8.42 Å². The van der Waals surface area contributed by atoms with Gasteiger partial charge in [0.25, 0.3) is 10.1 Å². The fraction of sp³-hybridized carbons (Fsp3) is 0.769. The van der Waals surface area contributed by atoms with Gasteiger partial charge in [0, 0.05) is 0 Å². The molecule has 1 rings (SSSR count). The Balaban J connectivity index is 2.71. The van der Waals surface area contributed by atoms with Gasteiger partial charge in [-0.15, -0.1) is 0 Å². The molecule has 0 unspecified atom stereocenters. The van der Waals surface area contributed by atoms with Gasteiger partial charge in [-0.25, -0.2) is 4.98 Å². The first-order valence-corrected chi connectivity index (χ1v) is 11.5. The molecule has 0 bridgehead atoms. The molecule has 0 amide bonds. The Morgan fingerprint density at radius 2 is 1.81 bits per heavy atom. The summed E-state index contributed by atoms with van der Waals surface area (Å²) in [5, 5.41) is 0.114. The molecule has 0 saturated carbocycles. The Bertz CT molecular complexity index is 586. The van der Waals surface area contributed by atoms with Crippen molar-refractivity contribution < 1.29 is 21.4 Å². The third kappa shape index (κ3) is 5.53. The lowest BCUT2D eigenvalue weighted by Crippen LogP contribution is -2.40. The molecule has 0 spiro atoms. The van der Waals surface area contributed by atoms with Crippen LogP contribution in [0, 0.1) is 6.92 Å². The van der Waals surface area contributed by atoms with Crippen LogP contribution in [0.4, 0.5) is 0 Å². The first-order valence-electron chi connectivity index (χ1n) is 6.75. The molecule has 1 heterocycles. The zero-order chi connectivity index (χ0) is 16.5. The van der Waals surface area contributed by atoms with E-state index in [1.54, 1.807) is 6.92 Å². The highest BCUT2D eigenvalue weighted by Crippen LogP contribution is 2.37. The minimum Gasteiger partial charge on any atom is -0.440 e. The molecular formula is C13H25NO5SSi. The number of hydrogen-bond donors (Lipinski definition) is 0. The zero-order valence-electron chi connectivity index (χ0n) is 13.8. The van der Waals surface area contributed by atoms with Crippen molar-refractivity contribution in [3.8, 4) is 0 Å². The van der Waals surface area contributed by atoms with Crippen LogP contribution in [0.3, 0.4) is 0 Å². The van der Waals surface area contributed by atoms with E-state index in [1.807, 2.05) is 0 Å². The van der Waals surface area contributed by atoms with Crippen LogP contribution < -0.4 is 0 Å². The smallest absolute Gasteiger partial charge is 0.264 e. The van der Waals surface area contributed by atoms with Gasteiger partial charge in [-0.05, 0) is 25.1 Å². The van der Waals surface area contributed by atoms with Gasteiger partial charge in [0.05, 0.1) is 18.6 Å². The van der Waals surface area contributed by atoms with Gasteiger partial charge in [-0.3, -0.25) is 4.18 Å². The molecule has 21 heavy (non-hydrogen) atoms. The lowest BCUT2D eigenvalue weighted by atomic mass is 10.2. The fourth-order valence-electron chi connectivity index (χ4n) is 1.30. The monoisotopic (exact) mass is 335 g/mol. The van der Waals surface area contributed by atoms with Crippen molar-refractivity contribution in [1.82, 2.24) is 4.98 Å². The van der Waals surface area contributed by atoms with Crippen molar-refractivity contribution in [2.75, 3.05) is 6.26 Å². The standard InChI is InChI=1S/C13H25NO5SSi/c1-10-11(8-18-21(6,7)13(2,3)4)19-12(14-10)9-17-20(5,15)16/h8-9H2,1-7H3. The van der Waals surface area contributed by atoms with Crippen LogP contribution in [0.5, 0.6) is 0 Å². The molecule has 6 nitrogen and oxygen atoms in total. The summed E-state index contributed by atoms with van der Waals surface area (Å²) in [6, 6.07) is 0. The van der Waals surface area contributed by atoms with E-state index in [0.29, 0.717) is 18.1 Å². The molecular weight excluding hydrogens is 310 g/mol. The maximum absolute atomic E-state index is 11.0. The Labute approximate surface area is 128 Å². The minimum atomic E-state index is -3.51. The summed E-state index contributed by atoms with van der Waals surface area (Å²) in [6.07, 6.45) is 0.990. The van der Waals surface area contributed by atoms with Crippen molar-refractivity contribution in [1.29, 1.82) is 0 Å². The van der Waals surface area contributed by atoms with Gasteiger partial charge in [0.15, 0.2) is 14.1 Å². The molecule has 8 heteroatoms. The summed E-state index contributed by atoms with van der Waals surface area (Å²) in [7, 11) is -5.37. The predicted octanol–water partition coefficient (Wildman–Crippen LogP) is 2.98. The van der Waals surface area contributed by atoms with Gasteiger partial charge in [0.1, 0.15) is 6.61 Å². The second kappa shape index (κ2) is 6.19. The molecule has 1 aromatic heterocycles. The fourth-order valence-corrected chi connectivity index (χ4v) is 2.54. The van der Waals surface area contributed by atoms with Crippen molar-refractivity contribution in [2.45, 2.75) is 59.0 Å².